The van der Waals surface area contributed by atoms with E-state index in [1.807, 2.05) is 24.3 Å². The molecule has 0 unspecified atom stereocenters. The van der Waals surface area contributed by atoms with Crippen LogP contribution in [0.1, 0.15) is 21.5 Å². The van der Waals surface area contributed by atoms with Crippen LogP contribution in [0, 0.1) is 5.82 Å². The molecule has 0 spiro atoms. The molecule has 0 aliphatic rings. The lowest BCUT2D eigenvalue weighted by atomic mass is 10.1. The van der Waals surface area contributed by atoms with Crippen molar-refractivity contribution in [3.63, 3.8) is 0 Å². The van der Waals surface area contributed by atoms with Crippen LogP contribution in [0.5, 0.6) is 5.75 Å². The van der Waals surface area contributed by atoms with Gasteiger partial charge < -0.3 is 19.7 Å². The van der Waals surface area contributed by atoms with Gasteiger partial charge in [-0.2, -0.15) is 0 Å². The van der Waals surface area contributed by atoms with Crippen molar-refractivity contribution in [2.45, 2.75) is 13.0 Å². The fourth-order valence-corrected chi connectivity index (χ4v) is 3.34. The Kier molecular flexibility index (Phi) is 8.55. The first kappa shape index (κ1) is 23.9. The summed E-state index contributed by atoms with van der Waals surface area (Å²) in [5.41, 5.74) is 2.63. The van der Waals surface area contributed by atoms with E-state index in [-0.39, 0.29) is 30.6 Å². The largest absolute Gasteiger partial charge is 0.497 e. The number of hydrogen-bond acceptors (Lipinski definition) is 4. The summed E-state index contributed by atoms with van der Waals surface area (Å²) in [6, 6.07) is 20.2. The number of nitrogens with zero attached hydrogens (tertiary/aromatic N) is 1. The molecule has 0 radical (unpaired) electrons. The summed E-state index contributed by atoms with van der Waals surface area (Å²) in [6.07, 6.45) is 0.176. The molecule has 6 nitrogen and oxygen atoms in total. The highest BCUT2D eigenvalue weighted by molar-refractivity contribution is 6.06. The zero-order valence-electron chi connectivity index (χ0n) is 18.7. The first-order valence-corrected chi connectivity index (χ1v) is 10.5. The predicted octanol–water partition coefficient (Wildman–Crippen LogP) is 3.99. The number of hydrogen-bond donors (Lipinski definition) is 1. The second-order valence-corrected chi connectivity index (χ2v) is 7.44. The highest BCUT2D eigenvalue weighted by atomic mass is 19.1. The van der Waals surface area contributed by atoms with E-state index < -0.39 is 0 Å². The molecule has 0 aromatic heterocycles. The summed E-state index contributed by atoms with van der Waals surface area (Å²) in [4.78, 5) is 27.3. The second-order valence-electron chi connectivity index (χ2n) is 7.44. The Bertz CT molecular complexity index is 1090. The van der Waals surface area contributed by atoms with Gasteiger partial charge in [0.05, 0.1) is 26.7 Å². The number of amides is 2. The monoisotopic (exact) mass is 450 g/mol. The standard InChI is InChI=1S/C26H27FN2O4/c1-32-14-13-28-25(30)16-20-5-3-7-23(15-20)29(18-19-9-11-22(27)12-10-19)26(31)21-6-4-8-24(17-21)33-2/h3-12,15,17H,13-14,16,18H2,1-2H3,(H,28,30). The van der Waals surface area contributed by atoms with E-state index in [2.05, 4.69) is 5.32 Å². The lowest BCUT2D eigenvalue weighted by Crippen LogP contribution is -2.31. The van der Waals surface area contributed by atoms with Gasteiger partial charge in [-0.3, -0.25) is 9.59 Å². The number of rotatable bonds is 10. The molecule has 3 aromatic rings. The number of benzene rings is 3. The summed E-state index contributed by atoms with van der Waals surface area (Å²) >= 11 is 0. The Morgan fingerprint density at radius 2 is 1.70 bits per heavy atom. The highest BCUT2D eigenvalue weighted by Gasteiger charge is 2.20. The van der Waals surface area contributed by atoms with E-state index in [1.165, 1.54) is 12.1 Å². The minimum atomic E-state index is -0.342. The fourth-order valence-electron chi connectivity index (χ4n) is 3.34. The number of anilines is 1. The van der Waals surface area contributed by atoms with Gasteiger partial charge in [0, 0.05) is 24.9 Å². The van der Waals surface area contributed by atoms with Crippen molar-refractivity contribution in [1.29, 1.82) is 0 Å². The van der Waals surface area contributed by atoms with E-state index in [1.54, 1.807) is 55.5 Å². The Labute approximate surface area is 192 Å². The SMILES string of the molecule is COCCNC(=O)Cc1cccc(N(Cc2ccc(F)cc2)C(=O)c2cccc(OC)c2)c1. The summed E-state index contributed by atoms with van der Waals surface area (Å²) in [5.74, 6) is -0.136. The van der Waals surface area contributed by atoms with E-state index in [0.717, 1.165) is 11.1 Å². The van der Waals surface area contributed by atoms with Gasteiger partial charge in [0.2, 0.25) is 5.91 Å². The van der Waals surface area contributed by atoms with Crippen molar-refractivity contribution < 1.29 is 23.5 Å². The first-order valence-electron chi connectivity index (χ1n) is 10.5. The molecule has 3 aromatic carbocycles. The number of methoxy groups -OCH3 is 2. The molecule has 0 saturated carbocycles. The smallest absolute Gasteiger partial charge is 0.258 e. The van der Waals surface area contributed by atoms with Crippen LogP contribution in [-0.4, -0.2) is 39.2 Å². The topological polar surface area (TPSA) is 67.9 Å². The molecule has 3 rings (SSSR count). The van der Waals surface area contributed by atoms with Crippen molar-refractivity contribution in [2.24, 2.45) is 0 Å². The van der Waals surface area contributed by atoms with Gasteiger partial charge in [0.15, 0.2) is 0 Å². The van der Waals surface area contributed by atoms with Gasteiger partial charge in [0.1, 0.15) is 11.6 Å². The van der Waals surface area contributed by atoms with Crippen LogP contribution in [0.25, 0.3) is 0 Å². The van der Waals surface area contributed by atoms with Crippen LogP contribution >= 0.6 is 0 Å². The first-order chi connectivity index (χ1) is 16.0. The molecule has 0 aliphatic carbocycles. The van der Waals surface area contributed by atoms with Crippen LogP contribution in [0.4, 0.5) is 10.1 Å². The zero-order chi connectivity index (χ0) is 23.6. The van der Waals surface area contributed by atoms with Crippen LogP contribution in [-0.2, 0) is 22.5 Å². The average molecular weight is 451 g/mol. The van der Waals surface area contributed by atoms with Gasteiger partial charge in [-0.05, 0) is 53.6 Å². The molecule has 0 heterocycles. The zero-order valence-corrected chi connectivity index (χ0v) is 18.7. The maximum Gasteiger partial charge on any atom is 0.258 e. The molecule has 2 amide bonds. The predicted molar refractivity (Wildman–Crippen MR) is 125 cm³/mol. The van der Waals surface area contributed by atoms with Gasteiger partial charge in [0.25, 0.3) is 5.91 Å². The van der Waals surface area contributed by atoms with Gasteiger partial charge in [-0.1, -0.05) is 30.3 Å². The summed E-state index contributed by atoms with van der Waals surface area (Å²) in [5, 5.41) is 2.79. The van der Waals surface area contributed by atoms with E-state index in [9.17, 15) is 14.0 Å². The molecule has 0 aliphatic heterocycles. The van der Waals surface area contributed by atoms with Gasteiger partial charge >= 0.3 is 0 Å². The maximum atomic E-state index is 13.5. The summed E-state index contributed by atoms with van der Waals surface area (Å²) in [6.45, 7) is 1.10. The fraction of sp³-hybridized carbons (Fsp3) is 0.231. The lowest BCUT2D eigenvalue weighted by molar-refractivity contribution is -0.120. The third-order valence-electron chi connectivity index (χ3n) is 5.03. The van der Waals surface area contributed by atoms with E-state index >= 15 is 0 Å². The van der Waals surface area contributed by atoms with Crippen molar-refractivity contribution in [3.05, 3.63) is 95.3 Å². The molecule has 7 heteroatoms. The minimum Gasteiger partial charge on any atom is -0.497 e. The van der Waals surface area contributed by atoms with Gasteiger partial charge in [-0.25, -0.2) is 4.39 Å². The Balaban J connectivity index is 1.89. The van der Waals surface area contributed by atoms with Crippen LogP contribution < -0.4 is 15.0 Å². The quantitative estimate of drug-likeness (QED) is 0.475. The average Bonchev–Trinajstić information content (AvgIpc) is 2.83. The summed E-state index contributed by atoms with van der Waals surface area (Å²) < 4.78 is 23.6. The van der Waals surface area contributed by atoms with Crippen molar-refractivity contribution in [3.8, 4) is 5.75 Å². The van der Waals surface area contributed by atoms with Crippen LogP contribution in [0.15, 0.2) is 72.8 Å². The minimum absolute atomic E-state index is 0.131. The second kappa shape index (κ2) is 11.8. The van der Waals surface area contributed by atoms with E-state index in [0.29, 0.717) is 30.2 Å². The maximum absolute atomic E-state index is 13.5. The molecule has 0 bridgehead atoms. The summed E-state index contributed by atoms with van der Waals surface area (Å²) in [7, 11) is 3.12. The molecule has 1 N–H and O–H groups in total. The van der Waals surface area contributed by atoms with Crippen molar-refractivity contribution in [2.75, 3.05) is 32.3 Å². The lowest BCUT2D eigenvalue weighted by Gasteiger charge is -2.24. The molecule has 0 saturated heterocycles. The molecule has 0 atom stereocenters. The number of ether oxygens (including phenoxy) is 2. The Morgan fingerprint density at radius 3 is 2.42 bits per heavy atom. The molecular weight excluding hydrogens is 423 g/mol. The highest BCUT2D eigenvalue weighted by Crippen LogP contribution is 2.24. The van der Waals surface area contributed by atoms with Gasteiger partial charge in [-0.15, -0.1) is 0 Å². The molecular formula is C26H27FN2O4. The number of carbonyl (C=O) groups excluding carboxylic acids is 2. The van der Waals surface area contributed by atoms with Crippen LogP contribution in [0.3, 0.4) is 0 Å². The number of carbonyl (C=O) groups is 2. The molecule has 0 fully saturated rings. The van der Waals surface area contributed by atoms with Crippen LogP contribution in [0.2, 0.25) is 0 Å². The number of nitrogens with one attached hydrogen (secondary N) is 1. The van der Waals surface area contributed by atoms with Crippen molar-refractivity contribution >= 4 is 17.5 Å². The normalized spacial score (nSPS) is 10.5. The Morgan fingerprint density at radius 1 is 0.939 bits per heavy atom. The Hall–Kier alpha value is -3.71. The third kappa shape index (κ3) is 6.89. The molecule has 33 heavy (non-hydrogen) atoms. The molecule has 172 valence electrons. The number of halogens is 1. The third-order valence-corrected chi connectivity index (χ3v) is 5.03. The van der Waals surface area contributed by atoms with E-state index in [4.69, 9.17) is 9.47 Å². The van der Waals surface area contributed by atoms with Crippen molar-refractivity contribution in [1.82, 2.24) is 5.32 Å².